The van der Waals surface area contributed by atoms with Crippen LogP contribution >= 0.6 is 0 Å². The summed E-state index contributed by atoms with van der Waals surface area (Å²) < 4.78 is 32.3. The van der Waals surface area contributed by atoms with Crippen LogP contribution in [0.4, 0.5) is 0 Å². The number of aryl methyl sites for hydroxylation is 3. The summed E-state index contributed by atoms with van der Waals surface area (Å²) in [4.78, 5) is 0.285. The van der Waals surface area contributed by atoms with Crippen molar-refractivity contribution in [2.45, 2.75) is 38.6 Å². The van der Waals surface area contributed by atoms with E-state index in [2.05, 4.69) is 4.72 Å². The second kappa shape index (κ2) is 5.81. The Labute approximate surface area is 119 Å². The van der Waals surface area contributed by atoms with Crippen molar-refractivity contribution >= 4 is 10.0 Å². The second-order valence-corrected chi connectivity index (χ2v) is 6.53. The quantitative estimate of drug-likeness (QED) is 0.922. The number of rotatable bonds is 5. The van der Waals surface area contributed by atoms with Crippen molar-refractivity contribution in [3.63, 3.8) is 0 Å². The zero-order valence-electron chi connectivity index (χ0n) is 11.9. The van der Waals surface area contributed by atoms with Gasteiger partial charge < -0.3 is 4.42 Å². The molecule has 0 bridgehead atoms. The molecular formula is C15H19NO3S. The molecule has 4 nitrogen and oxygen atoms in total. The van der Waals surface area contributed by atoms with E-state index in [1.807, 2.05) is 39.0 Å². The molecule has 2 rings (SSSR count). The SMILES string of the molecule is CCc1ccc(S(=O)(=O)NCc2cc(C)oc2C)cc1. The molecular weight excluding hydrogens is 274 g/mol. The van der Waals surface area contributed by atoms with Crippen LogP contribution in [0.1, 0.15) is 29.6 Å². The number of hydrogen-bond donors (Lipinski definition) is 1. The number of furan rings is 1. The molecule has 0 radical (unpaired) electrons. The first-order valence-corrected chi connectivity index (χ1v) is 8.05. The number of benzene rings is 1. The zero-order chi connectivity index (χ0) is 14.8. The number of sulfonamides is 1. The van der Waals surface area contributed by atoms with Crippen LogP contribution in [-0.2, 0) is 23.0 Å². The van der Waals surface area contributed by atoms with Gasteiger partial charge in [-0.25, -0.2) is 13.1 Å². The van der Waals surface area contributed by atoms with E-state index >= 15 is 0 Å². The third kappa shape index (κ3) is 3.29. The first-order valence-electron chi connectivity index (χ1n) is 6.57. The van der Waals surface area contributed by atoms with Gasteiger partial charge in [-0.05, 0) is 44.0 Å². The van der Waals surface area contributed by atoms with Crippen molar-refractivity contribution < 1.29 is 12.8 Å². The Morgan fingerprint density at radius 3 is 2.30 bits per heavy atom. The maximum atomic E-state index is 12.2. The summed E-state index contributed by atoms with van der Waals surface area (Å²) in [6, 6.07) is 8.78. The predicted molar refractivity (Wildman–Crippen MR) is 78.0 cm³/mol. The molecule has 1 heterocycles. The number of nitrogens with one attached hydrogen (secondary N) is 1. The highest BCUT2D eigenvalue weighted by Crippen LogP contribution is 2.15. The molecule has 0 spiro atoms. The molecule has 20 heavy (non-hydrogen) atoms. The smallest absolute Gasteiger partial charge is 0.240 e. The lowest BCUT2D eigenvalue weighted by atomic mass is 10.2. The standard InChI is InChI=1S/C15H19NO3S/c1-4-13-5-7-15(8-6-13)20(17,18)16-10-14-9-11(2)19-12(14)3/h5-9,16H,4,10H2,1-3H3. The Hall–Kier alpha value is -1.59. The zero-order valence-corrected chi connectivity index (χ0v) is 12.8. The Balaban J connectivity index is 2.12. The van der Waals surface area contributed by atoms with Gasteiger partial charge in [0, 0.05) is 12.1 Å². The Morgan fingerprint density at radius 1 is 1.15 bits per heavy atom. The lowest BCUT2D eigenvalue weighted by molar-refractivity contribution is 0.500. The monoisotopic (exact) mass is 293 g/mol. The third-order valence-electron chi connectivity index (χ3n) is 3.24. The van der Waals surface area contributed by atoms with Crippen LogP contribution in [0, 0.1) is 13.8 Å². The summed E-state index contributed by atoms with van der Waals surface area (Å²) in [5.41, 5.74) is 1.97. The van der Waals surface area contributed by atoms with Gasteiger partial charge >= 0.3 is 0 Å². The minimum atomic E-state index is -3.48. The predicted octanol–water partition coefficient (Wildman–Crippen LogP) is 2.94. The average molecular weight is 293 g/mol. The molecule has 0 saturated heterocycles. The topological polar surface area (TPSA) is 59.3 Å². The van der Waals surface area contributed by atoms with E-state index in [1.165, 1.54) is 0 Å². The highest BCUT2D eigenvalue weighted by molar-refractivity contribution is 7.89. The van der Waals surface area contributed by atoms with Gasteiger partial charge in [0.25, 0.3) is 0 Å². The summed E-state index contributed by atoms with van der Waals surface area (Å²) in [6.07, 6.45) is 0.890. The Kier molecular flexibility index (Phi) is 4.30. The molecule has 0 aliphatic carbocycles. The van der Waals surface area contributed by atoms with Crippen LogP contribution in [0.2, 0.25) is 0 Å². The Morgan fingerprint density at radius 2 is 1.80 bits per heavy atom. The van der Waals surface area contributed by atoms with Crippen molar-refractivity contribution in [3.05, 3.63) is 53.0 Å². The minimum absolute atomic E-state index is 0.237. The van der Waals surface area contributed by atoms with E-state index < -0.39 is 10.0 Å². The third-order valence-corrected chi connectivity index (χ3v) is 4.66. The summed E-state index contributed by atoms with van der Waals surface area (Å²) in [6.45, 7) is 5.94. The van der Waals surface area contributed by atoms with Crippen LogP contribution in [0.3, 0.4) is 0 Å². The molecule has 1 N–H and O–H groups in total. The molecule has 0 amide bonds. The highest BCUT2D eigenvalue weighted by atomic mass is 32.2. The molecule has 0 atom stereocenters. The number of hydrogen-bond acceptors (Lipinski definition) is 3. The van der Waals surface area contributed by atoms with Crippen LogP contribution in [0.25, 0.3) is 0 Å². The maximum absolute atomic E-state index is 12.2. The summed E-state index contributed by atoms with van der Waals surface area (Å²) >= 11 is 0. The van der Waals surface area contributed by atoms with Gasteiger partial charge in [-0.3, -0.25) is 0 Å². The average Bonchev–Trinajstić information content (AvgIpc) is 2.75. The molecule has 0 aliphatic rings. The maximum Gasteiger partial charge on any atom is 0.240 e. The molecule has 5 heteroatoms. The summed E-state index contributed by atoms with van der Waals surface area (Å²) in [5, 5.41) is 0. The van der Waals surface area contributed by atoms with Gasteiger partial charge in [-0.2, -0.15) is 0 Å². The van der Waals surface area contributed by atoms with E-state index in [0.717, 1.165) is 29.1 Å². The second-order valence-electron chi connectivity index (χ2n) is 4.76. The van der Waals surface area contributed by atoms with Gasteiger partial charge in [-0.15, -0.1) is 0 Å². The van der Waals surface area contributed by atoms with Crippen molar-refractivity contribution in [1.82, 2.24) is 4.72 Å². The Bertz CT molecular complexity index is 684. The molecule has 0 unspecified atom stereocenters. The van der Waals surface area contributed by atoms with E-state index in [0.29, 0.717) is 0 Å². The highest BCUT2D eigenvalue weighted by Gasteiger charge is 2.15. The normalized spacial score (nSPS) is 11.8. The van der Waals surface area contributed by atoms with Crippen LogP contribution in [0.5, 0.6) is 0 Å². The van der Waals surface area contributed by atoms with Gasteiger partial charge in [0.05, 0.1) is 4.90 Å². The molecule has 1 aromatic carbocycles. The molecule has 0 aliphatic heterocycles. The van der Waals surface area contributed by atoms with Crippen molar-refractivity contribution in [2.24, 2.45) is 0 Å². The van der Waals surface area contributed by atoms with Crippen molar-refractivity contribution in [2.75, 3.05) is 0 Å². The molecule has 108 valence electrons. The fourth-order valence-corrected chi connectivity index (χ4v) is 3.03. The van der Waals surface area contributed by atoms with Gasteiger partial charge in [-0.1, -0.05) is 19.1 Å². The molecule has 1 aromatic heterocycles. The lowest BCUT2D eigenvalue weighted by Crippen LogP contribution is -2.23. The van der Waals surface area contributed by atoms with Crippen LogP contribution < -0.4 is 4.72 Å². The largest absolute Gasteiger partial charge is 0.466 e. The van der Waals surface area contributed by atoms with Crippen LogP contribution in [-0.4, -0.2) is 8.42 Å². The van der Waals surface area contributed by atoms with Crippen molar-refractivity contribution in [1.29, 1.82) is 0 Å². The van der Waals surface area contributed by atoms with E-state index in [1.54, 1.807) is 12.1 Å². The van der Waals surface area contributed by atoms with Crippen LogP contribution in [0.15, 0.2) is 39.6 Å². The fraction of sp³-hybridized carbons (Fsp3) is 0.333. The van der Waals surface area contributed by atoms with Gasteiger partial charge in [0.15, 0.2) is 0 Å². The van der Waals surface area contributed by atoms with E-state index in [4.69, 9.17) is 4.42 Å². The van der Waals surface area contributed by atoms with Gasteiger partial charge in [0.1, 0.15) is 11.5 Å². The summed E-state index contributed by atoms with van der Waals surface area (Å²) in [5.74, 6) is 1.52. The first-order chi connectivity index (χ1) is 9.42. The summed E-state index contributed by atoms with van der Waals surface area (Å²) in [7, 11) is -3.48. The van der Waals surface area contributed by atoms with Gasteiger partial charge in [0.2, 0.25) is 10.0 Å². The molecule has 0 fully saturated rings. The van der Waals surface area contributed by atoms with E-state index in [9.17, 15) is 8.42 Å². The lowest BCUT2D eigenvalue weighted by Gasteiger charge is -2.07. The minimum Gasteiger partial charge on any atom is -0.466 e. The molecule has 0 saturated carbocycles. The fourth-order valence-electron chi connectivity index (χ4n) is 2.02. The first kappa shape index (κ1) is 14.8. The van der Waals surface area contributed by atoms with Crippen molar-refractivity contribution in [3.8, 4) is 0 Å². The molecule has 2 aromatic rings. The van der Waals surface area contributed by atoms with E-state index in [-0.39, 0.29) is 11.4 Å².